The average Bonchev–Trinajstić information content (AvgIpc) is 0.763. The van der Waals surface area contributed by atoms with Gasteiger partial charge in [-0.25, -0.2) is 0 Å². The van der Waals surface area contributed by atoms with Crippen molar-refractivity contribution in [2.45, 2.75) is 304 Å². The predicted octanol–water partition coefficient (Wildman–Crippen LogP) is -18.3. The highest BCUT2D eigenvalue weighted by molar-refractivity contribution is 5.73. The minimum atomic E-state index is -2.56. The number of ether oxygens (including phenoxy) is 17. The van der Waals surface area contributed by atoms with Crippen LogP contribution in [0.5, 0.6) is 0 Å². The minimum absolute atomic E-state index is 0.843. The molecule has 2 amide bonds. The third kappa shape index (κ3) is 18.2. The molecule has 104 heavy (non-hydrogen) atoms. The van der Waals surface area contributed by atoms with Gasteiger partial charge >= 0.3 is 0 Å². The van der Waals surface area contributed by atoms with Crippen LogP contribution in [0.2, 0.25) is 0 Å². The van der Waals surface area contributed by atoms with Crippen molar-refractivity contribution in [3.05, 3.63) is 0 Å². The molecule has 0 bridgehead atoms. The van der Waals surface area contributed by atoms with Gasteiger partial charge in [-0.3, -0.25) is 9.59 Å². The van der Waals surface area contributed by atoms with Crippen molar-refractivity contribution in [2.24, 2.45) is 0 Å². The van der Waals surface area contributed by atoms with Gasteiger partial charge < -0.3 is 219 Å². The molecule has 0 saturated carbocycles. The summed E-state index contributed by atoms with van der Waals surface area (Å²) in [6, 6.07) is -3.77. The third-order valence-corrected chi connectivity index (χ3v) is 19.5. The zero-order valence-corrected chi connectivity index (χ0v) is 55.9. The molecule has 9 heterocycles. The largest absolute Gasteiger partial charge is 0.394 e. The lowest BCUT2D eigenvalue weighted by molar-refractivity contribution is -0.410. The van der Waals surface area contributed by atoms with Crippen molar-refractivity contribution in [1.82, 2.24) is 10.6 Å². The summed E-state index contributed by atoms with van der Waals surface area (Å²) in [7, 11) is 0. The van der Waals surface area contributed by atoms with E-state index in [1.54, 1.807) is 0 Å². The zero-order valence-electron chi connectivity index (χ0n) is 55.9. The van der Waals surface area contributed by atoms with Gasteiger partial charge in [0.15, 0.2) is 56.6 Å². The number of aliphatic hydroxyl groups excluding tert-OH is 25. The van der Waals surface area contributed by atoms with Crippen molar-refractivity contribution in [3.8, 4) is 0 Å². The fraction of sp³-hybridized carbons (Fsp3) is 0.966. The zero-order chi connectivity index (χ0) is 76.5. The maximum atomic E-state index is 13.2. The van der Waals surface area contributed by atoms with Gasteiger partial charge in [-0.1, -0.05) is 0 Å². The molecule has 9 rings (SSSR count). The van der Waals surface area contributed by atoms with E-state index in [1.165, 1.54) is 13.8 Å². The van der Waals surface area contributed by atoms with E-state index in [-0.39, 0.29) is 0 Å². The van der Waals surface area contributed by atoms with Crippen molar-refractivity contribution in [3.63, 3.8) is 0 Å². The van der Waals surface area contributed by atoms with Crippen LogP contribution in [0.3, 0.4) is 0 Å². The molecule has 45 atom stereocenters. The highest BCUT2D eigenvalue weighted by atomic mass is 16.8. The summed E-state index contributed by atoms with van der Waals surface area (Å²) in [5.74, 6) is -1.82. The first-order valence-electron chi connectivity index (χ1n) is 33.4. The third-order valence-electron chi connectivity index (χ3n) is 19.5. The quantitative estimate of drug-likeness (QED) is 0.0404. The van der Waals surface area contributed by atoms with Gasteiger partial charge in [0.25, 0.3) is 0 Å². The van der Waals surface area contributed by atoms with E-state index in [9.17, 15) is 137 Å². The predicted molar refractivity (Wildman–Crippen MR) is 317 cm³/mol. The number of aliphatic hydroxyl groups is 25. The van der Waals surface area contributed by atoms with Crippen LogP contribution >= 0.6 is 0 Å². The molecule has 0 spiro atoms. The Morgan fingerprint density at radius 1 is 0.269 bits per heavy atom. The Labute approximate surface area is 589 Å². The Bertz CT molecular complexity index is 2670. The van der Waals surface area contributed by atoms with Gasteiger partial charge in [-0.2, -0.15) is 0 Å². The summed E-state index contributed by atoms with van der Waals surface area (Å²) in [6.45, 7) is -2.84. The van der Waals surface area contributed by atoms with Gasteiger partial charge in [-0.05, 0) is 13.8 Å². The molecule has 9 fully saturated rings. The van der Waals surface area contributed by atoms with Crippen LogP contribution in [0.4, 0.5) is 0 Å². The maximum Gasteiger partial charge on any atom is 0.217 e. The summed E-state index contributed by atoms with van der Waals surface area (Å²) in [5.41, 5.74) is 0. The monoisotopic (exact) mass is 1530 g/mol. The molecule has 46 nitrogen and oxygen atoms in total. The Balaban J connectivity index is 1.03. The van der Waals surface area contributed by atoms with Gasteiger partial charge in [0.1, 0.15) is 207 Å². The number of hydrogen-bond donors (Lipinski definition) is 27. The second kappa shape index (κ2) is 36.6. The van der Waals surface area contributed by atoms with Crippen molar-refractivity contribution >= 4 is 11.8 Å². The molecular weight excluding hydrogens is 1430 g/mol. The van der Waals surface area contributed by atoms with E-state index in [4.69, 9.17) is 80.5 Å². The highest BCUT2D eigenvalue weighted by Gasteiger charge is 2.61. The Morgan fingerprint density at radius 2 is 0.587 bits per heavy atom. The Morgan fingerprint density at radius 3 is 1.10 bits per heavy atom. The van der Waals surface area contributed by atoms with Crippen LogP contribution in [-0.2, 0) is 90.1 Å². The lowest BCUT2D eigenvalue weighted by atomic mass is 9.93. The van der Waals surface area contributed by atoms with Gasteiger partial charge in [0, 0.05) is 13.8 Å². The summed E-state index contributed by atoms with van der Waals surface area (Å²) >= 11 is 0. The van der Waals surface area contributed by atoms with Crippen LogP contribution in [0.1, 0.15) is 27.7 Å². The van der Waals surface area contributed by atoms with Crippen LogP contribution in [0.25, 0.3) is 0 Å². The van der Waals surface area contributed by atoms with Crippen molar-refractivity contribution in [1.29, 1.82) is 0 Å². The van der Waals surface area contributed by atoms with E-state index in [0.717, 1.165) is 13.8 Å². The normalized spacial score (nSPS) is 51.9. The molecule has 0 aromatic rings. The summed E-state index contributed by atoms with van der Waals surface area (Å²) in [4.78, 5) is 25.7. The molecule has 0 radical (unpaired) electrons. The Hall–Kier alpha value is -2.74. The van der Waals surface area contributed by atoms with Crippen LogP contribution in [-0.4, -0.2) is 462 Å². The minimum Gasteiger partial charge on any atom is -0.394 e. The van der Waals surface area contributed by atoms with E-state index >= 15 is 0 Å². The number of carbonyl (C=O) groups is 2. The molecular formula is C58H98N2O44. The van der Waals surface area contributed by atoms with Gasteiger partial charge in [0.2, 0.25) is 11.8 Å². The first kappa shape index (κ1) is 85.3. The number of carbonyl (C=O) groups excluding carboxylic acids is 2. The fourth-order valence-corrected chi connectivity index (χ4v) is 13.5. The number of nitrogens with one attached hydrogen (secondary N) is 2. The molecule has 9 saturated heterocycles. The van der Waals surface area contributed by atoms with E-state index < -0.39 is 334 Å². The second-order valence-corrected chi connectivity index (χ2v) is 26.7. The molecule has 0 aromatic heterocycles. The first-order chi connectivity index (χ1) is 49.1. The van der Waals surface area contributed by atoms with Gasteiger partial charge in [0.05, 0.1) is 58.5 Å². The average molecular weight is 1530 g/mol. The highest BCUT2D eigenvalue weighted by Crippen LogP contribution is 2.40. The van der Waals surface area contributed by atoms with Crippen LogP contribution in [0.15, 0.2) is 0 Å². The smallest absolute Gasteiger partial charge is 0.217 e. The van der Waals surface area contributed by atoms with Crippen molar-refractivity contribution < 1.29 is 218 Å². The molecule has 27 N–H and O–H groups in total. The Kier molecular flexibility index (Phi) is 30.0. The molecule has 46 heteroatoms. The SMILES string of the molecule is CC(=O)N[C@@H]1[C@@H](O)[C@H](O[C@@H]2O[C@H](CO)[C@@H](O[C@@H]3O[C@H](CO[C@H]4O[C@H](CO)[C@@H](O)[C@H](O)[C@@H]4O)[C@@H](O[C@@H]4O[C@H](CO)[C@H](O)[C@H](O)[C@H]4O[C@@H]4O[C@@H](C)[C@@H](O)[C@@H](O)[C@@H]4O)[C@H](O[C@H]4O[C@H](CO)[C@@H](O)[C@H](O)[C@@H]4O)[C@@H]3O)[C@H](O)[C@H]2NC(C)=O)[C@@H](CO[C@@H]2O[C@@H](C)[C@@H](O[C@@H]3O[C@H](CO)[C@H](O)[C@H](O)[C@H]3O)[C@@H](O)[C@@H]2O)O[C@H]1O. The van der Waals surface area contributed by atoms with Crippen LogP contribution < -0.4 is 10.6 Å². The van der Waals surface area contributed by atoms with E-state index in [0.29, 0.717) is 0 Å². The molecule has 0 aliphatic carbocycles. The van der Waals surface area contributed by atoms with Crippen molar-refractivity contribution in [2.75, 3.05) is 46.2 Å². The molecule has 0 unspecified atom stereocenters. The maximum absolute atomic E-state index is 13.2. The number of amides is 2. The topological polar surface area (TPSA) is 721 Å². The van der Waals surface area contributed by atoms with Gasteiger partial charge in [-0.15, -0.1) is 0 Å². The van der Waals surface area contributed by atoms with E-state index in [2.05, 4.69) is 10.6 Å². The fourth-order valence-electron chi connectivity index (χ4n) is 13.5. The first-order valence-corrected chi connectivity index (χ1v) is 33.4. The standard InChI is InChI=1S/C58H98N2O44/c1-12-25(68)32(75)39(82)54(90-12)104-49-36(79)29(72)19(8-64)96-58(49)102-47-22(11-89-53-38(81)33(76)26(69)16(5-61)93-53)98-57(43(86)48(47)103-56-41(84)35(78)28(71)18(7-63)95-56)101-45-20(9-65)97-51(24(31(45)74)60-15(4)67)100-46-21(92-50(87)23(30(46)73)59-14(3)66)10-88-52-42(85)37(80)44(13(2)91-52)99-55-40(83)34(77)27(70)17(6-62)94-55/h12-13,16-58,61-65,68-87H,5-11H2,1-4H3,(H,59,66)(H,60,67)/t12-,13-,16+,17+,18+,19+,20+,21+,22+,23+,24+,25+,26+,27-,28+,29-,30+,31+,32+,33-,34-,35-,36-,37-,38-,39-,40+,41-,42-,43-,44+,45+,46+,47+,48+,49+,50+,51-,52+,53-,54-,55-,56+,57-,58-/m0/s1. The molecule has 9 aliphatic heterocycles. The van der Waals surface area contributed by atoms with Crippen LogP contribution in [0, 0.1) is 0 Å². The molecule has 0 aromatic carbocycles. The summed E-state index contributed by atoms with van der Waals surface area (Å²) in [5, 5.41) is 279. The molecule has 604 valence electrons. The molecule has 9 aliphatic rings. The number of hydrogen-bond acceptors (Lipinski definition) is 44. The lowest BCUT2D eigenvalue weighted by Crippen LogP contribution is -2.71. The number of rotatable bonds is 25. The lowest BCUT2D eigenvalue weighted by Gasteiger charge is -2.52. The van der Waals surface area contributed by atoms with E-state index in [1.807, 2.05) is 0 Å². The summed E-state index contributed by atoms with van der Waals surface area (Å²) < 4.78 is 100. The second-order valence-electron chi connectivity index (χ2n) is 26.7. The summed E-state index contributed by atoms with van der Waals surface area (Å²) in [6.07, 6.45) is -86.5.